The van der Waals surface area contributed by atoms with Crippen LogP contribution in [0.15, 0.2) is 0 Å². The number of hydrogen-bond acceptors (Lipinski definition) is 3. The summed E-state index contributed by atoms with van der Waals surface area (Å²) in [7, 11) is 0. The van der Waals surface area contributed by atoms with E-state index in [1.807, 2.05) is 0 Å². The Bertz CT molecular complexity index is 375. The van der Waals surface area contributed by atoms with E-state index in [-0.39, 0.29) is 17.9 Å². The van der Waals surface area contributed by atoms with Crippen LogP contribution in [0.5, 0.6) is 0 Å². The lowest BCUT2D eigenvalue weighted by molar-refractivity contribution is -0.146. The van der Waals surface area contributed by atoms with Crippen molar-refractivity contribution < 1.29 is 14.7 Å². The van der Waals surface area contributed by atoms with Gasteiger partial charge in [0.2, 0.25) is 11.8 Å². The number of aliphatic hydroxyl groups excluding tert-OH is 1. The maximum Gasteiger partial charge on any atom is 0.238 e. The molecule has 1 atom stereocenters. The van der Waals surface area contributed by atoms with Gasteiger partial charge in [0, 0.05) is 18.5 Å². The number of amides is 2. The number of rotatable bonds is 5. The lowest BCUT2D eigenvalue weighted by atomic mass is 9.76. The summed E-state index contributed by atoms with van der Waals surface area (Å²) in [6.07, 6.45) is 4.90. The number of primary amides is 1. The van der Waals surface area contributed by atoms with Gasteiger partial charge >= 0.3 is 0 Å². The summed E-state index contributed by atoms with van der Waals surface area (Å²) in [5.74, 6) is -0.609. The number of likely N-dealkylation sites (tertiary alicyclic amines) is 1. The number of nitrogens with two attached hydrogens (primary N) is 1. The normalized spacial score (nSPS) is 29.1. The van der Waals surface area contributed by atoms with Crippen LogP contribution in [-0.2, 0) is 9.59 Å². The van der Waals surface area contributed by atoms with E-state index >= 15 is 0 Å². The van der Waals surface area contributed by atoms with E-state index in [0.717, 1.165) is 25.7 Å². The van der Waals surface area contributed by atoms with Crippen molar-refractivity contribution in [2.24, 2.45) is 16.6 Å². The van der Waals surface area contributed by atoms with E-state index in [1.165, 1.54) is 0 Å². The highest BCUT2D eigenvalue weighted by molar-refractivity contribution is 6.07. The monoisotopic (exact) mass is 268 g/mol. The van der Waals surface area contributed by atoms with Crippen LogP contribution in [0, 0.1) is 10.8 Å². The first-order chi connectivity index (χ1) is 8.99. The van der Waals surface area contributed by atoms with Crippen LogP contribution < -0.4 is 5.73 Å². The van der Waals surface area contributed by atoms with Crippen LogP contribution in [0.25, 0.3) is 0 Å². The second-order valence-electron chi connectivity index (χ2n) is 6.18. The summed E-state index contributed by atoms with van der Waals surface area (Å²) in [4.78, 5) is 25.7. The third-order valence-electron chi connectivity index (χ3n) is 4.70. The van der Waals surface area contributed by atoms with Gasteiger partial charge in [-0.3, -0.25) is 9.59 Å². The molecule has 0 bridgehead atoms. The van der Waals surface area contributed by atoms with E-state index in [4.69, 9.17) is 5.73 Å². The molecule has 0 unspecified atom stereocenters. The second-order valence-corrected chi connectivity index (χ2v) is 6.18. The highest BCUT2D eigenvalue weighted by Gasteiger charge is 2.57. The molecule has 1 saturated heterocycles. The maximum absolute atomic E-state index is 12.5. The van der Waals surface area contributed by atoms with Gasteiger partial charge in [0.1, 0.15) is 5.41 Å². The van der Waals surface area contributed by atoms with Crippen molar-refractivity contribution in [3.05, 3.63) is 0 Å². The molecule has 1 heterocycles. The van der Waals surface area contributed by atoms with Gasteiger partial charge in [-0.25, -0.2) is 0 Å². The first kappa shape index (κ1) is 14.3. The van der Waals surface area contributed by atoms with Crippen LogP contribution in [0.3, 0.4) is 0 Å². The minimum atomic E-state index is -0.926. The second kappa shape index (κ2) is 5.12. The predicted molar refractivity (Wildman–Crippen MR) is 71.1 cm³/mol. The van der Waals surface area contributed by atoms with Gasteiger partial charge in [-0.05, 0) is 32.1 Å². The van der Waals surface area contributed by atoms with E-state index in [0.29, 0.717) is 25.9 Å². The standard InChI is InChI=1S/C14H24N2O3/c1-2-4-13(10-17)5-3-8-16(9-13)12(19)14(6-7-14)11(15)18/h17H,2-10H2,1H3,(H2,15,18)/t13-/m1/s1. The maximum atomic E-state index is 12.5. The number of nitrogens with zero attached hydrogens (tertiary/aromatic N) is 1. The van der Waals surface area contributed by atoms with Crippen molar-refractivity contribution in [1.82, 2.24) is 4.90 Å². The van der Waals surface area contributed by atoms with E-state index in [9.17, 15) is 14.7 Å². The number of piperidine rings is 1. The van der Waals surface area contributed by atoms with Crippen molar-refractivity contribution in [1.29, 1.82) is 0 Å². The third-order valence-corrected chi connectivity index (χ3v) is 4.70. The fraction of sp³-hybridized carbons (Fsp3) is 0.857. The molecule has 3 N–H and O–H groups in total. The Labute approximate surface area is 114 Å². The summed E-state index contributed by atoms with van der Waals surface area (Å²) in [5.41, 5.74) is 4.25. The third kappa shape index (κ3) is 2.48. The lowest BCUT2D eigenvalue weighted by Crippen LogP contribution is -2.52. The van der Waals surface area contributed by atoms with Crippen molar-refractivity contribution >= 4 is 11.8 Å². The highest BCUT2D eigenvalue weighted by atomic mass is 16.3. The number of hydrogen-bond donors (Lipinski definition) is 2. The average molecular weight is 268 g/mol. The highest BCUT2D eigenvalue weighted by Crippen LogP contribution is 2.48. The first-order valence-electron chi connectivity index (χ1n) is 7.20. The van der Waals surface area contributed by atoms with Gasteiger partial charge in [-0.1, -0.05) is 13.3 Å². The molecule has 1 aliphatic heterocycles. The molecule has 2 rings (SSSR count). The summed E-state index contributed by atoms with van der Waals surface area (Å²) in [6, 6.07) is 0. The number of aliphatic hydroxyl groups is 1. The fourth-order valence-electron chi connectivity index (χ4n) is 3.32. The summed E-state index contributed by atoms with van der Waals surface area (Å²) in [6.45, 7) is 3.43. The molecule has 1 aliphatic carbocycles. The molecule has 0 aromatic carbocycles. The fourth-order valence-corrected chi connectivity index (χ4v) is 3.32. The van der Waals surface area contributed by atoms with Crippen LogP contribution >= 0.6 is 0 Å². The number of carbonyl (C=O) groups is 2. The Morgan fingerprint density at radius 1 is 1.32 bits per heavy atom. The zero-order valence-corrected chi connectivity index (χ0v) is 11.7. The molecule has 2 fully saturated rings. The quantitative estimate of drug-likeness (QED) is 0.718. The Kier molecular flexibility index (Phi) is 3.85. The minimum Gasteiger partial charge on any atom is -0.396 e. The molecule has 0 aromatic rings. The molecule has 5 nitrogen and oxygen atoms in total. The zero-order valence-electron chi connectivity index (χ0n) is 11.7. The minimum absolute atomic E-state index is 0.105. The smallest absolute Gasteiger partial charge is 0.238 e. The zero-order chi connectivity index (χ0) is 14.1. The van der Waals surface area contributed by atoms with Crippen LogP contribution in [0.2, 0.25) is 0 Å². The van der Waals surface area contributed by atoms with Crippen LogP contribution in [0.1, 0.15) is 45.4 Å². The number of carbonyl (C=O) groups excluding carboxylic acids is 2. The lowest BCUT2D eigenvalue weighted by Gasteiger charge is -2.42. The largest absolute Gasteiger partial charge is 0.396 e. The summed E-state index contributed by atoms with van der Waals surface area (Å²) in [5, 5.41) is 9.67. The SMILES string of the molecule is CCC[C@@]1(CO)CCCN(C(=O)C2(C(N)=O)CC2)C1. The molecular formula is C14H24N2O3. The Morgan fingerprint density at radius 3 is 2.47 bits per heavy atom. The van der Waals surface area contributed by atoms with E-state index in [2.05, 4.69) is 6.92 Å². The average Bonchev–Trinajstić information content (AvgIpc) is 3.20. The van der Waals surface area contributed by atoms with Gasteiger partial charge in [-0.2, -0.15) is 0 Å². The molecular weight excluding hydrogens is 244 g/mol. The Morgan fingerprint density at radius 2 is 2.00 bits per heavy atom. The van der Waals surface area contributed by atoms with Crippen molar-refractivity contribution in [2.75, 3.05) is 19.7 Å². The summed E-state index contributed by atoms with van der Waals surface area (Å²) < 4.78 is 0. The molecule has 0 radical (unpaired) electrons. The van der Waals surface area contributed by atoms with E-state index < -0.39 is 11.3 Å². The first-order valence-corrected chi connectivity index (χ1v) is 7.20. The molecule has 0 spiro atoms. The topological polar surface area (TPSA) is 83.6 Å². The van der Waals surface area contributed by atoms with Crippen molar-refractivity contribution in [2.45, 2.75) is 45.4 Å². The molecule has 1 saturated carbocycles. The van der Waals surface area contributed by atoms with Crippen LogP contribution in [0.4, 0.5) is 0 Å². The molecule has 0 aromatic heterocycles. The van der Waals surface area contributed by atoms with Crippen molar-refractivity contribution in [3.8, 4) is 0 Å². The van der Waals surface area contributed by atoms with Gasteiger partial charge < -0.3 is 15.7 Å². The molecule has 108 valence electrons. The Balaban J connectivity index is 2.09. The van der Waals surface area contributed by atoms with Crippen molar-refractivity contribution in [3.63, 3.8) is 0 Å². The molecule has 2 aliphatic rings. The molecule has 2 amide bonds. The molecule has 19 heavy (non-hydrogen) atoms. The van der Waals surface area contributed by atoms with Gasteiger partial charge in [0.25, 0.3) is 0 Å². The van der Waals surface area contributed by atoms with Gasteiger partial charge in [0.05, 0.1) is 6.61 Å². The predicted octanol–water partition coefficient (Wildman–Crippen LogP) is 0.653. The van der Waals surface area contributed by atoms with E-state index in [1.54, 1.807) is 4.90 Å². The van der Waals surface area contributed by atoms with Crippen LogP contribution in [-0.4, -0.2) is 41.5 Å². The van der Waals surface area contributed by atoms with Gasteiger partial charge in [-0.15, -0.1) is 0 Å². The summed E-state index contributed by atoms with van der Waals surface area (Å²) >= 11 is 0. The van der Waals surface area contributed by atoms with Gasteiger partial charge in [0.15, 0.2) is 0 Å². The Hall–Kier alpha value is -1.10. The molecule has 5 heteroatoms.